The van der Waals surface area contributed by atoms with Crippen molar-refractivity contribution in [1.29, 1.82) is 0 Å². The molecule has 0 spiro atoms. The van der Waals surface area contributed by atoms with Gasteiger partial charge >= 0.3 is 12.0 Å². The quantitative estimate of drug-likeness (QED) is 0.745. The molecule has 1 aromatic rings. The predicted molar refractivity (Wildman–Crippen MR) is 87.0 cm³/mol. The molecule has 1 saturated carbocycles. The number of nitrogens with zero attached hydrogens (tertiary/aromatic N) is 1. The lowest BCUT2D eigenvalue weighted by atomic mass is 10.00. The van der Waals surface area contributed by atoms with Crippen molar-refractivity contribution in [3.63, 3.8) is 0 Å². The summed E-state index contributed by atoms with van der Waals surface area (Å²) in [5, 5.41) is 5.54. The number of nitrogens with one attached hydrogen (secondary N) is 2. The molecule has 1 fully saturated rings. The molecular formula is C17H23N3O4. The summed E-state index contributed by atoms with van der Waals surface area (Å²) < 4.78 is 10.6. The summed E-state index contributed by atoms with van der Waals surface area (Å²) in [5.41, 5.74) is 0.998. The van der Waals surface area contributed by atoms with Crippen molar-refractivity contribution in [2.45, 2.75) is 38.8 Å². The minimum absolute atomic E-state index is 0.272. The topological polar surface area (TPSA) is 83.8 Å². The van der Waals surface area contributed by atoms with Crippen LogP contribution in [-0.2, 0) is 9.53 Å². The largest absolute Gasteiger partial charge is 0.467 e. The van der Waals surface area contributed by atoms with E-state index in [0.717, 1.165) is 19.4 Å². The highest BCUT2D eigenvalue weighted by Gasteiger charge is 2.37. The second kappa shape index (κ2) is 7.09. The van der Waals surface area contributed by atoms with E-state index in [0.29, 0.717) is 29.6 Å². The Hall–Kier alpha value is -2.28. The van der Waals surface area contributed by atoms with Gasteiger partial charge in [-0.25, -0.2) is 9.59 Å². The molecule has 1 unspecified atom stereocenters. The molecule has 0 aromatic carbocycles. The Morgan fingerprint density at radius 1 is 1.42 bits per heavy atom. The molecule has 1 aromatic heterocycles. The van der Waals surface area contributed by atoms with E-state index < -0.39 is 12.0 Å². The first-order valence-corrected chi connectivity index (χ1v) is 8.39. The van der Waals surface area contributed by atoms with Crippen LogP contribution in [0.4, 0.5) is 4.79 Å². The average molecular weight is 333 g/mol. The number of rotatable bonds is 7. The zero-order valence-electron chi connectivity index (χ0n) is 14.0. The zero-order chi connectivity index (χ0) is 17.1. The Morgan fingerprint density at radius 2 is 2.21 bits per heavy atom. The molecule has 7 nitrogen and oxygen atoms in total. The van der Waals surface area contributed by atoms with E-state index in [-0.39, 0.29) is 12.6 Å². The van der Waals surface area contributed by atoms with Gasteiger partial charge in [-0.15, -0.1) is 0 Å². The van der Waals surface area contributed by atoms with Crippen molar-refractivity contribution in [3.8, 4) is 0 Å². The Balaban J connectivity index is 1.96. The number of amides is 2. The van der Waals surface area contributed by atoms with Gasteiger partial charge in [-0.3, -0.25) is 4.90 Å². The fourth-order valence-electron chi connectivity index (χ4n) is 3.00. The molecule has 1 aliphatic heterocycles. The van der Waals surface area contributed by atoms with Crippen LogP contribution >= 0.6 is 0 Å². The maximum Gasteiger partial charge on any atom is 0.338 e. The van der Waals surface area contributed by atoms with Crippen LogP contribution in [0.3, 0.4) is 0 Å². The third-order valence-corrected chi connectivity index (χ3v) is 4.31. The number of carbonyl (C=O) groups is 2. The van der Waals surface area contributed by atoms with Crippen LogP contribution in [0.25, 0.3) is 0 Å². The lowest BCUT2D eigenvalue weighted by Gasteiger charge is -2.30. The highest BCUT2D eigenvalue weighted by molar-refractivity contribution is 5.95. The number of furan rings is 1. The zero-order valence-corrected chi connectivity index (χ0v) is 14.0. The van der Waals surface area contributed by atoms with Gasteiger partial charge in [-0.05, 0) is 38.4 Å². The maximum atomic E-state index is 12.5. The van der Waals surface area contributed by atoms with Crippen molar-refractivity contribution in [2.24, 2.45) is 0 Å². The van der Waals surface area contributed by atoms with E-state index in [4.69, 9.17) is 9.15 Å². The molecule has 2 N–H and O–H groups in total. The summed E-state index contributed by atoms with van der Waals surface area (Å²) in [4.78, 5) is 26.9. The molecule has 2 amide bonds. The second-order valence-corrected chi connectivity index (χ2v) is 5.95. The number of ether oxygens (including phenoxy) is 1. The third-order valence-electron chi connectivity index (χ3n) is 4.31. The monoisotopic (exact) mass is 333 g/mol. The molecule has 0 bridgehead atoms. The van der Waals surface area contributed by atoms with Gasteiger partial charge in [-0.2, -0.15) is 0 Å². The van der Waals surface area contributed by atoms with E-state index in [2.05, 4.69) is 22.5 Å². The van der Waals surface area contributed by atoms with Gasteiger partial charge in [0.15, 0.2) is 0 Å². The average Bonchev–Trinajstić information content (AvgIpc) is 3.25. The normalized spacial score (nSPS) is 20.8. The van der Waals surface area contributed by atoms with Crippen LogP contribution in [-0.4, -0.2) is 42.6 Å². The first kappa shape index (κ1) is 16.6. The minimum atomic E-state index is -0.638. The molecule has 1 atom stereocenters. The molecule has 0 radical (unpaired) electrons. The van der Waals surface area contributed by atoms with Crippen LogP contribution in [0.15, 0.2) is 34.1 Å². The first-order valence-electron chi connectivity index (χ1n) is 8.39. The standard InChI is InChI=1S/C17H23N3O4/c1-3-20(11-7-8-11)10-12-14(16(21)23-4-2)15(19-17(22)18-12)13-6-5-9-24-13/h5-6,9,11,15H,3-4,7-8,10H2,1-2H3,(H2,18,19,22). The summed E-state index contributed by atoms with van der Waals surface area (Å²) in [5.74, 6) is 0.0770. The van der Waals surface area contributed by atoms with Gasteiger partial charge in [0, 0.05) is 18.3 Å². The fraction of sp³-hybridized carbons (Fsp3) is 0.529. The smallest absolute Gasteiger partial charge is 0.338 e. The summed E-state index contributed by atoms with van der Waals surface area (Å²) in [6.45, 7) is 5.49. The van der Waals surface area contributed by atoms with Gasteiger partial charge in [0.25, 0.3) is 0 Å². The Labute approximate surface area is 141 Å². The van der Waals surface area contributed by atoms with Crippen LogP contribution in [0.5, 0.6) is 0 Å². The third kappa shape index (κ3) is 3.46. The van der Waals surface area contributed by atoms with Crippen LogP contribution < -0.4 is 10.6 Å². The summed E-state index contributed by atoms with van der Waals surface area (Å²) >= 11 is 0. The van der Waals surface area contributed by atoms with Crippen molar-refractivity contribution < 1.29 is 18.7 Å². The number of likely N-dealkylation sites (N-methyl/N-ethyl adjacent to an activating group) is 1. The molecule has 0 saturated heterocycles. The Kier molecular flexibility index (Phi) is 4.89. The molecule has 7 heteroatoms. The molecule has 24 heavy (non-hydrogen) atoms. The molecule has 3 rings (SSSR count). The Bertz CT molecular complexity index is 634. The summed E-state index contributed by atoms with van der Waals surface area (Å²) in [6.07, 6.45) is 3.84. The summed E-state index contributed by atoms with van der Waals surface area (Å²) in [6, 6.07) is 3.02. The van der Waals surface area contributed by atoms with Gasteiger partial charge in [-0.1, -0.05) is 6.92 Å². The van der Waals surface area contributed by atoms with Crippen LogP contribution in [0.1, 0.15) is 38.5 Å². The van der Waals surface area contributed by atoms with E-state index >= 15 is 0 Å². The number of esters is 1. The fourth-order valence-corrected chi connectivity index (χ4v) is 3.00. The molecule has 130 valence electrons. The van der Waals surface area contributed by atoms with E-state index in [1.165, 1.54) is 6.26 Å². The number of hydrogen-bond donors (Lipinski definition) is 2. The van der Waals surface area contributed by atoms with Crippen LogP contribution in [0, 0.1) is 0 Å². The second-order valence-electron chi connectivity index (χ2n) is 5.95. The maximum absolute atomic E-state index is 12.5. The molecule has 1 aliphatic carbocycles. The van der Waals surface area contributed by atoms with Gasteiger partial charge in [0.2, 0.25) is 0 Å². The van der Waals surface area contributed by atoms with E-state index in [1.807, 2.05) is 0 Å². The Morgan fingerprint density at radius 3 is 2.79 bits per heavy atom. The highest BCUT2D eigenvalue weighted by atomic mass is 16.5. The lowest BCUT2D eigenvalue weighted by Crippen LogP contribution is -2.48. The molecular weight excluding hydrogens is 310 g/mol. The molecule has 2 aliphatic rings. The van der Waals surface area contributed by atoms with Crippen molar-refractivity contribution in [3.05, 3.63) is 35.4 Å². The predicted octanol–water partition coefficient (Wildman–Crippen LogP) is 1.93. The van der Waals surface area contributed by atoms with E-state index in [1.54, 1.807) is 19.1 Å². The van der Waals surface area contributed by atoms with Crippen molar-refractivity contribution in [2.75, 3.05) is 19.7 Å². The van der Waals surface area contributed by atoms with Gasteiger partial charge in [0.1, 0.15) is 11.8 Å². The van der Waals surface area contributed by atoms with Crippen molar-refractivity contribution >= 4 is 12.0 Å². The SMILES string of the molecule is CCOC(=O)C1=C(CN(CC)C2CC2)NC(=O)NC1c1ccco1. The van der Waals surface area contributed by atoms with Gasteiger partial charge < -0.3 is 19.8 Å². The molecule has 2 heterocycles. The first-order chi connectivity index (χ1) is 11.6. The van der Waals surface area contributed by atoms with E-state index in [9.17, 15) is 9.59 Å². The van der Waals surface area contributed by atoms with Crippen molar-refractivity contribution in [1.82, 2.24) is 15.5 Å². The lowest BCUT2D eigenvalue weighted by molar-refractivity contribution is -0.139. The minimum Gasteiger partial charge on any atom is -0.467 e. The number of carbonyl (C=O) groups excluding carboxylic acids is 2. The number of urea groups is 1. The summed E-state index contributed by atoms with van der Waals surface area (Å²) in [7, 11) is 0. The van der Waals surface area contributed by atoms with Gasteiger partial charge in [0.05, 0.1) is 18.4 Å². The number of hydrogen-bond acceptors (Lipinski definition) is 5. The van der Waals surface area contributed by atoms with Crippen LogP contribution in [0.2, 0.25) is 0 Å². The highest BCUT2D eigenvalue weighted by Crippen LogP contribution is 2.31.